The number of halogens is 1. The maximum Gasteiger partial charge on any atom is 0.127 e. The molecule has 0 unspecified atom stereocenters. The van der Waals surface area contributed by atoms with E-state index < -0.39 is 0 Å². The summed E-state index contributed by atoms with van der Waals surface area (Å²) in [6, 6.07) is 33.0. The molecular weight excluding hydrogens is 364 g/mol. The van der Waals surface area contributed by atoms with E-state index in [0.29, 0.717) is 6.61 Å². The quantitative estimate of drug-likeness (QED) is 0.345. The SMILES string of the molecule is Cc1cccc(-c2ccccc2OCc2ccc(-c3ccc(Cl)cc3)cc2)c1. The molecule has 1 nitrogen and oxygen atoms in total. The molecular formula is C26H21ClO. The minimum atomic E-state index is 0.531. The Balaban J connectivity index is 1.50. The van der Waals surface area contributed by atoms with Gasteiger partial charge in [0.25, 0.3) is 0 Å². The normalized spacial score (nSPS) is 10.6. The van der Waals surface area contributed by atoms with Gasteiger partial charge in [-0.25, -0.2) is 0 Å². The summed E-state index contributed by atoms with van der Waals surface area (Å²) in [6.07, 6.45) is 0. The molecule has 2 heteroatoms. The number of hydrogen-bond acceptors (Lipinski definition) is 1. The third-order valence-corrected chi connectivity index (χ3v) is 4.99. The predicted octanol–water partition coefficient (Wildman–Crippen LogP) is 7.56. The van der Waals surface area contributed by atoms with Crippen LogP contribution in [0.1, 0.15) is 11.1 Å². The van der Waals surface area contributed by atoms with Crippen molar-refractivity contribution in [2.45, 2.75) is 13.5 Å². The van der Waals surface area contributed by atoms with Gasteiger partial charge in [0.2, 0.25) is 0 Å². The first-order valence-corrected chi connectivity index (χ1v) is 9.70. The largest absolute Gasteiger partial charge is 0.488 e. The maximum absolute atomic E-state index is 6.16. The summed E-state index contributed by atoms with van der Waals surface area (Å²) in [4.78, 5) is 0. The minimum absolute atomic E-state index is 0.531. The van der Waals surface area contributed by atoms with Crippen molar-refractivity contribution in [3.63, 3.8) is 0 Å². The van der Waals surface area contributed by atoms with Crippen molar-refractivity contribution in [2.75, 3.05) is 0 Å². The molecule has 4 aromatic rings. The average molecular weight is 385 g/mol. The number of ether oxygens (including phenoxy) is 1. The second-order valence-electron chi connectivity index (χ2n) is 6.86. The van der Waals surface area contributed by atoms with Gasteiger partial charge in [0.05, 0.1) is 0 Å². The number of para-hydroxylation sites is 1. The zero-order chi connectivity index (χ0) is 19.3. The third-order valence-electron chi connectivity index (χ3n) is 4.74. The van der Waals surface area contributed by atoms with Gasteiger partial charge < -0.3 is 4.74 Å². The van der Waals surface area contributed by atoms with Crippen LogP contribution < -0.4 is 4.74 Å². The topological polar surface area (TPSA) is 9.23 Å². The second kappa shape index (κ2) is 8.33. The molecule has 0 radical (unpaired) electrons. The van der Waals surface area contributed by atoms with Crippen LogP contribution in [0.4, 0.5) is 0 Å². The highest BCUT2D eigenvalue weighted by atomic mass is 35.5. The molecule has 28 heavy (non-hydrogen) atoms. The fourth-order valence-electron chi connectivity index (χ4n) is 3.24. The number of hydrogen-bond donors (Lipinski definition) is 0. The smallest absolute Gasteiger partial charge is 0.127 e. The Hall–Kier alpha value is -3.03. The average Bonchev–Trinajstić information content (AvgIpc) is 2.73. The summed E-state index contributed by atoms with van der Waals surface area (Å²) < 4.78 is 6.16. The van der Waals surface area contributed by atoms with E-state index in [9.17, 15) is 0 Å². The van der Waals surface area contributed by atoms with Crippen molar-refractivity contribution in [1.29, 1.82) is 0 Å². The van der Waals surface area contributed by atoms with Gasteiger partial charge >= 0.3 is 0 Å². The van der Waals surface area contributed by atoms with E-state index in [2.05, 4.69) is 61.5 Å². The lowest BCUT2D eigenvalue weighted by Crippen LogP contribution is -1.97. The molecule has 4 aromatic carbocycles. The van der Waals surface area contributed by atoms with Gasteiger partial charge in [-0.1, -0.05) is 96.0 Å². The van der Waals surface area contributed by atoms with Crippen LogP contribution in [0.5, 0.6) is 5.75 Å². The molecule has 0 N–H and O–H groups in total. The van der Waals surface area contributed by atoms with E-state index in [1.54, 1.807) is 0 Å². The van der Waals surface area contributed by atoms with Gasteiger partial charge in [0.1, 0.15) is 12.4 Å². The first-order chi connectivity index (χ1) is 13.7. The molecule has 0 aliphatic heterocycles. The lowest BCUT2D eigenvalue weighted by Gasteiger charge is -2.12. The molecule has 0 atom stereocenters. The van der Waals surface area contributed by atoms with Crippen molar-refractivity contribution in [3.05, 3.63) is 113 Å². The van der Waals surface area contributed by atoms with Gasteiger partial charge in [0.15, 0.2) is 0 Å². The third kappa shape index (κ3) is 4.27. The monoisotopic (exact) mass is 384 g/mol. The van der Waals surface area contributed by atoms with Crippen LogP contribution in [0.2, 0.25) is 5.02 Å². The summed E-state index contributed by atoms with van der Waals surface area (Å²) in [5, 5.41) is 0.751. The molecule has 4 rings (SSSR count). The Morgan fingerprint density at radius 1 is 0.679 bits per heavy atom. The molecule has 0 bridgehead atoms. The summed E-state index contributed by atoms with van der Waals surface area (Å²) >= 11 is 5.97. The molecule has 0 spiro atoms. The second-order valence-corrected chi connectivity index (χ2v) is 7.29. The van der Waals surface area contributed by atoms with Crippen molar-refractivity contribution in [2.24, 2.45) is 0 Å². The first-order valence-electron chi connectivity index (χ1n) is 9.33. The number of rotatable bonds is 5. The Kier molecular flexibility index (Phi) is 5.45. The van der Waals surface area contributed by atoms with E-state index in [4.69, 9.17) is 16.3 Å². The highest BCUT2D eigenvalue weighted by Crippen LogP contribution is 2.31. The van der Waals surface area contributed by atoms with E-state index in [1.807, 2.05) is 42.5 Å². The molecule has 0 aliphatic rings. The molecule has 0 aromatic heterocycles. The van der Waals surface area contributed by atoms with Crippen LogP contribution >= 0.6 is 11.6 Å². The summed E-state index contributed by atoms with van der Waals surface area (Å²) in [5.41, 5.74) is 6.99. The zero-order valence-electron chi connectivity index (χ0n) is 15.7. The Morgan fingerprint density at radius 3 is 2.07 bits per heavy atom. The number of aryl methyl sites for hydroxylation is 1. The molecule has 0 saturated carbocycles. The summed E-state index contributed by atoms with van der Waals surface area (Å²) in [5.74, 6) is 0.898. The van der Waals surface area contributed by atoms with Crippen LogP contribution in [0.25, 0.3) is 22.3 Å². The van der Waals surface area contributed by atoms with Gasteiger partial charge in [-0.3, -0.25) is 0 Å². The Bertz CT molecular complexity index is 1070. The van der Waals surface area contributed by atoms with Crippen molar-refractivity contribution in [3.8, 4) is 28.0 Å². The molecule has 138 valence electrons. The lowest BCUT2D eigenvalue weighted by molar-refractivity contribution is 0.307. The standard InChI is InChI=1S/C26H21ClO/c1-19-5-4-6-23(17-19)25-7-2-3-8-26(25)28-18-20-9-11-21(12-10-20)22-13-15-24(27)16-14-22/h2-17H,18H2,1H3. The molecule has 0 aliphatic carbocycles. The van der Waals surface area contributed by atoms with Crippen LogP contribution in [0.15, 0.2) is 97.1 Å². The van der Waals surface area contributed by atoms with Crippen molar-refractivity contribution in [1.82, 2.24) is 0 Å². The van der Waals surface area contributed by atoms with Gasteiger partial charge in [-0.05, 0) is 47.4 Å². The van der Waals surface area contributed by atoms with Gasteiger partial charge in [-0.15, -0.1) is 0 Å². The van der Waals surface area contributed by atoms with E-state index in [-0.39, 0.29) is 0 Å². The molecule has 0 heterocycles. The van der Waals surface area contributed by atoms with Gasteiger partial charge in [-0.2, -0.15) is 0 Å². The highest BCUT2D eigenvalue weighted by molar-refractivity contribution is 6.30. The molecule has 0 amide bonds. The Labute approximate surface area is 171 Å². The highest BCUT2D eigenvalue weighted by Gasteiger charge is 2.07. The van der Waals surface area contributed by atoms with Gasteiger partial charge in [0, 0.05) is 10.6 Å². The molecule has 0 saturated heterocycles. The van der Waals surface area contributed by atoms with Crippen LogP contribution in [0.3, 0.4) is 0 Å². The summed E-state index contributed by atoms with van der Waals surface area (Å²) in [6.45, 7) is 2.64. The van der Waals surface area contributed by atoms with Crippen molar-refractivity contribution < 1.29 is 4.74 Å². The zero-order valence-corrected chi connectivity index (χ0v) is 16.5. The summed E-state index contributed by atoms with van der Waals surface area (Å²) in [7, 11) is 0. The Morgan fingerprint density at radius 2 is 1.36 bits per heavy atom. The molecule has 0 fully saturated rings. The fourth-order valence-corrected chi connectivity index (χ4v) is 3.37. The fraction of sp³-hybridized carbons (Fsp3) is 0.0769. The lowest BCUT2D eigenvalue weighted by atomic mass is 10.0. The predicted molar refractivity (Wildman–Crippen MR) is 118 cm³/mol. The van der Waals surface area contributed by atoms with E-state index in [0.717, 1.165) is 27.5 Å². The van der Waals surface area contributed by atoms with Crippen LogP contribution in [-0.4, -0.2) is 0 Å². The van der Waals surface area contributed by atoms with E-state index in [1.165, 1.54) is 16.7 Å². The van der Waals surface area contributed by atoms with Crippen molar-refractivity contribution >= 4 is 11.6 Å². The first kappa shape index (κ1) is 18.3. The number of benzene rings is 4. The minimum Gasteiger partial charge on any atom is -0.488 e. The van der Waals surface area contributed by atoms with Crippen LogP contribution in [-0.2, 0) is 6.61 Å². The maximum atomic E-state index is 6.16. The van der Waals surface area contributed by atoms with E-state index >= 15 is 0 Å². The van der Waals surface area contributed by atoms with Crippen LogP contribution in [0, 0.1) is 6.92 Å².